The third kappa shape index (κ3) is 2.95. The molecule has 0 radical (unpaired) electrons. The maximum absolute atomic E-state index is 8.05. The summed E-state index contributed by atoms with van der Waals surface area (Å²) in [5.74, 6) is 0. The average Bonchev–Trinajstić information content (AvgIpc) is 2.61. The third-order valence-electron chi connectivity index (χ3n) is 1.71. The Kier molecular flexibility index (Phi) is 3.76. The number of azide groups is 1. The highest BCUT2D eigenvalue weighted by molar-refractivity contribution is 5.46. The van der Waals surface area contributed by atoms with E-state index in [0.29, 0.717) is 12.6 Å². The summed E-state index contributed by atoms with van der Waals surface area (Å²) in [5, 5.41) is 7.57. The van der Waals surface area contributed by atoms with Crippen molar-refractivity contribution in [1.82, 2.24) is 9.78 Å². The van der Waals surface area contributed by atoms with E-state index in [0.717, 1.165) is 5.56 Å². The minimum Gasteiger partial charge on any atom is -0.270 e. The molecule has 0 amide bonds. The number of hydrogen-bond donors (Lipinski definition) is 0. The van der Waals surface area contributed by atoms with Crippen LogP contribution in [0.1, 0.15) is 25.5 Å². The second kappa shape index (κ2) is 5.09. The summed E-state index contributed by atoms with van der Waals surface area (Å²) in [5.41, 5.74) is 9.07. The standard InChI is InChI=1S/C9H13N5/c1-8(2)14-7-9(6-12-14)4-3-5-11-13-10/h3-4,6-8H,5H2,1-2H3. The molecule has 0 spiro atoms. The third-order valence-corrected chi connectivity index (χ3v) is 1.71. The number of nitrogens with zero attached hydrogens (tertiary/aromatic N) is 5. The van der Waals surface area contributed by atoms with Crippen LogP contribution in [0.25, 0.3) is 16.5 Å². The molecule has 0 aliphatic carbocycles. The Hall–Kier alpha value is -1.74. The molecule has 0 fully saturated rings. The van der Waals surface area contributed by atoms with Crippen LogP contribution in [0.3, 0.4) is 0 Å². The summed E-state index contributed by atoms with van der Waals surface area (Å²) >= 11 is 0. The van der Waals surface area contributed by atoms with Gasteiger partial charge in [0, 0.05) is 29.3 Å². The highest BCUT2D eigenvalue weighted by atomic mass is 15.3. The van der Waals surface area contributed by atoms with Crippen molar-refractivity contribution in [3.8, 4) is 0 Å². The SMILES string of the molecule is CC(C)n1cc(C=CCN=[N+]=[N-])cn1. The van der Waals surface area contributed by atoms with E-state index in [9.17, 15) is 0 Å². The van der Waals surface area contributed by atoms with Gasteiger partial charge in [0.1, 0.15) is 0 Å². The molecule has 14 heavy (non-hydrogen) atoms. The van der Waals surface area contributed by atoms with Crippen LogP contribution in [0.15, 0.2) is 23.6 Å². The first kappa shape index (κ1) is 10.3. The van der Waals surface area contributed by atoms with Crippen LogP contribution in [0.4, 0.5) is 0 Å². The van der Waals surface area contributed by atoms with Gasteiger partial charge in [0.15, 0.2) is 0 Å². The van der Waals surface area contributed by atoms with Crippen molar-refractivity contribution in [2.24, 2.45) is 5.11 Å². The molecule has 0 unspecified atom stereocenters. The van der Waals surface area contributed by atoms with Crippen LogP contribution in [0, 0.1) is 0 Å². The number of hydrogen-bond acceptors (Lipinski definition) is 2. The topological polar surface area (TPSA) is 66.6 Å². The van der Waals surface area contributed by atoms with Gasteiger partial charge in [0.05, 0.1) is 6.20 Å². The van der Waals surface area contributed by atoms with Crippen LogP contribution in [0.2, 0.25) is 0 Å². The van der Waals surface area contributed by atoms with E-state index in [4.69, 9.17) is 5.53 Å². The minimum absolute atomic E-state index is 0.370. The second-order valence-corrected chi connectivity index (χ2v) is 3.16. The highest BCUT2D eigenvalue weighted by Crippen LogP contribution is 2.06. The molecule has 0 atom stereocenters. The van der Waals surface area contributed by atoms with Gasteiger partial charge in [-0.25, -0.2) is 0 Å². The van der Waals surface area contributed by atoms with Gasteiger partial charge in [-0.15, -0.1) is 0 Å². The number of aromatic nitrogens is 2. The largest absolute Gasteiger partial charge is 0.270 e. The van der Waals surface area contributed by atoms with Gasteiger partial charge >= 0.3 is 0 Å². The lowest BCUT2D eigenvalue weighted by atomic mass is 10.3. The normalized spacial score (nSPS) is 10.8. The Bertz CT molecular complexity index is 357. The molecule has 1 aromatic rings. The summed E-state index contributed by atoms with van der Waals surface area (Å²) in [6.07, 6.45) is 7.44. The van der Waals surface area contributed by atoms with Crippen molar-refractivity contribution in [2.45, 2.75) is 19.9 Å². The van der Waals surface area contributed by atoms with Crippen molar-refractivity contribution in [3.63, 3.8) is 0 Å². The van der Waals surface area contributed by atoms with E-state index in [1.807, 2.05) is 17.0 Å². The van der Waals surface area contributed by atoms with Crippen LogP contribution in [0.5, 0.6) is 0 Å². The van der Waals surface area contributed by atoms with Crippen LogP contribution in [-0.4, -0.2) is 16.3 Å². The van der Waals surface area contributed by atoms with E-state index in [1.165, 1.54) is 0 Å². The monoisotopic (exact) mass is 191 g/mol. The molecule has 5 nitrogen and oxygen atoms in total. The Balaban J connectivity index is 2.59. The molecule has 1 aromatic heterocycles. The molecule has 0 saturated heterocycles. The van der Waals surface area contributed by atoms with E-state index in [2.05, 4.69) is 29.0 Å². The predicted octanol–water partition coefficient (Wildman–Crippen LogP) is 2.79. The van der Waals surface area contributed by atoms with Gasteiger partial charge in [-0.05, 0) is 19.4 Å². The maximum atomic E-state index is 8.05. The summed E-state index contributed by atoms with van der Waals surface area (Å²) in [6.45, 7) is 4.52. The fourth-order valence-electron chi connectivity index (χ4n) is 0.994. The lowest BCUT2D eigenvalue weighted by molar-refractivity contribution is 0.532. The molecule has 1 rings (SSSR count). The van der Waals surface area contributed by atoms with Crippen molar-refractivity contribution in [2.75, 3.05) is 6.54 Å². The Labute approximate surface area is 82.7 Å². The quantitative estimate of drug-likeness (QED) is 0.410. The van der Waals surface area contributed by atoms with E-state index in [1.54, 1.807) is 12.3 Å². The van der Waals surface area contributed by atoms with Crippen molar-refractivity contribution < 1.29 is 0 Å². The summed E-state index contributed by atoms with van der Waals surface area (Å²) in [4.78, 5) is 2.65. The molecular weight excluding hydrogens is 178 g/mol. The van der Waals surface area contributed by atoms with Gasteiger partial charge in [-0.3, -0.25) is 4.68 Å². The smallest absolute Gasteiger partial charge is 0.0562 e. The number of rotatable bonds is 4. The van der Waals surface area contributed by atoms with Gasteiger partial charge in [0.2, 0.25) is 0 Å². The maximum Gasteiger partial charge on any atom is 0.0562 e. The van der Waals surface area contributed by atoms with Crippen LogP contribution >= 0.6 is 0 Å². The van der Waals surface area contributed by atoms with Gasteiger partial charge in [-0.2, -0.15) is 5.10 Å². The minimum atomic E-state index is 0.370. The molecule has 5 heteroatoms. The molecule has 1 heterocycles. The van der Waals surface area contributed by atoms with Crippen LogP contribution < -0.4 is 0 Å². The molecule has 74 valence electrons. The lowest BCUT2D eigenvalue weighted by Crippen LogP contribution is -1.99. The second-order valence-electron chi connectivity index (χ2n) is 3.16. The molecule has 0 saturated carbocycles. The zero-order chi connectivity index (χ0) is 10.4. The van der Waals surface area contributed by atoms with Crippen molar-refractivity contribution in [1.29, 1.82) is 0 Å². The first-order valence-electron chi connectivity index (χ1n) is 4.45. The first-order chi connectivity index (χ1) is 6.74. The Morgan fingerprint density at radius 2 is 2.50 bits per heavy atom. The van der Waals surface area contributed by atoms with Gasteiger partial charge < -0.3 is 0 Å². The average molecular weight is 191 g/mol. The molecule has 0 aromatic carbocycles. The summed E-state index contributed by atoms with van der Waals surface area (Å²) in [6, 6.07) is 0.370. The van der Waals surface area contributed by atoms with E-state index < -0.39 is 0 Å². The molecule has 0 N–H and O–H groups in total. The zero-order valence-corrected chi connectivity index (χ0v) is 8.33. The molecular formula is C9H13N5. The van der Waals surface area contributed by atoms with Gasteiger partial charge in [-0.1, -0.05) is 17.3 Å². The fourth-order valence-corrected chi connectivity index (χ4v) is 0.994. The Morgan fingerprint density at radius 3 is 3.07 bits per heavy atom. The summed E-state index contributed by atoms with van der Waals surface area (Å²) in [7, 11) is 0. The molecule has 0 bridgehead atoms. The molecule has 0 aliphatic rings. The lowest BCUT2D eigenvalue weighted by Gasteiger charge is -2.02. The highest BCUT2D eigenvalue weighted by Gasteiger charge is 1.97. The van der Waals surface area contributed by atoms with Gasteiger partial charge in [0.25, 0.3) is 0 Å². The Morgan fingerprint density at radius 1 is 1.71 bits per heavy atom. The van der Waals surface area contributed by atoms with Crippen molar-refractivity contribution >= 4 is 6.08 Å². The predicted molar refractivity (Wildman–Crippen MR) is 55.7 cm³/mol. The van der Waals surface area contributed by atoms with E-state index in [-0.39, 0.29) is 0 Å². The molecule has 0 aliphatic heterocycles. The summed E-state index contributed by atoms with van der Waals surface area (Å²) < 4.78 is 1.88. The fraction of sp³-hybridized carbons (Fsp3) is 0.444. The zero-order valence-electron chi connectivity index (χ0n) is 8.33. The van der Waals surface area contributed by atoms with E-state index >= 15 is 0 Å². The van der Waals surface area contributed by atoms with Crippen molar-refractivity contribution in [3.05, 3.63) is 34.5 Å². The van der Waals surface area contributed by atoms with Crippen LogP contribution in [-0.2, 0) is 0 Å². The first-order valence-corrected chi connectivity index (χ1v) is 4.45.